The Hall–Kier alpha value is -2.31. The number of carbonyl (C=O) groups excluding carboxylic acids is 1. The highest BCUT2D eigenvalue weighted by Crippen LogP contribution is 2.23. The van der Waals surface area contributed by atoms with Crippen molar-refractivity contribution in [2.45, 2.75) is 0 Å². The van der Waals surface area contributed by atoms with E-state index in [0.717, 1.165) is 16.3 Å². The normalized spacial score (nSPS) is 10.3. The number of aromatic amines is 1. The van der Waals surface area contributed by atoms with Crippen LogP contribution in [0.1, 0.15) is 10.4 Å². The van der Waals surface area contributed by atoms with Crippen molar-refractivity contribution in [2.75, 3.05) is 5.32 Å². The van der Waals surface area contributed by atoms with E-state index < -0.39 is 0 Å². The summed E-state index contributed by atoms with van der Waals surface area (Å²) in [6.07, 6.45) is 3.47. The SMILES string of the molecule is O=C(Nc1ccc(-c2nccs2)cc1)c1ccc[nH]c1=S. The first-order valence-electron chi connectivity index (χ1n) is 6.23. The molecule has 6 heteroatoms. The number of aromatic nitrogens is 2. The summed E-state index contributed by atoms with van der Waals surface area (Å²) in [6, 6.07) is 11.0. The highest BCUT2D eigenvalue weighted by Gasteiger charge is 2.08. The Kier molecular flexibility index (Phi) is 3.89. The van der Waals surface area contributed by atoms with Crippen LogP contribution in [0.4, 0.5) is 5.69 Å². The zero-order chi connectivity index (χ0) is 14.7. The summed E-state index contributed by atoms with van der Waals surface area (Å²) >= 11 is 6.67. The lowest BCUT2D eigenvalue weighted by Gasteiger charge is -2.06. The molecule has 2 N–H and O–H groups in total. The molecule has 0 aliphatic rings. The molecule has 2 heterocycles. The van der Waals surface area contributed by atoms with Gasteiger partial charge in [0.2, 0.25) is 0 Å². The van der Waals surface area contributed by atoms with Gasteiger partial charge in [-0.3, -0.25) is 4.79 Å². The molecule has 0 saturated carbocycles. The molecule has 1 amide bonds. The molecule has 0 saturated heterocycles. The number of amides is 1. The van der Waals surface area contributed by atoms with Gasteiger partial charge in [-0.2, -0.15) is 0 Å². The van der Waals surface area contributed by atoms with E-state index in [1.165, 1.54) is 0 Å². The van der Waals surface area contributed by atoms with Gasteiger partial charge in [-0.1, -0.05) is 12.2 Å². The smallest absolute Gasteiger partial charge is 0.258 e. The molecule has 0 atom stereocenters. The van der Waals surface area contributed by atoms with Crippen LogP contribution in [0.3, 0.4) is 0 Å². The van der Waals surface area contributed by atoms with E-state index >= 15 is 0 Å². The maximum absolute atomic E-state index is 12.1. The molecule has 3 rings (SSSR count). The molecule has 2 aromatic heterocycles. The van der Waals surface area contributed by atoms with Gasteiger partial charge in [0, 0.05) is 29.0 Å². The third kappa shape index (κ3) is 3.07. The molecule has 0 bridgehead atoms. The fraction of sp³-hybridized carbons (Fsp3) is 0. The Morgan fingerprint density at radius 2 is 2.05 bits per heavy atom. The van der Waals surface area contributed by atoms with Gasteiger partial charge in [0.05, 0.1) is 5.56 Å². The molecule has 0 spiro atoms. The fourth-order valence-electron chi connectivity index (χ4n) is 1.86. The first-order chi connectivity index (χ1) is 10.2. The van der Waals surface area contributed by atoms with E-state index in [4.69, 9.17) is 12.2 Å². The number of hydrogen-bond acceptors (Lipinski definition) is 4. The minimum absolute atomic E-state index is 0.223. The first-order valence-corrected chi connectivity index (χ1v) is 7.52. The van der Waals surface area contributed by atoms with Crippen LogP contribution in [0.5, 0.6) is 0 Å². The number of carbonyl (C=O) groups is 1. The van der Waals surface area contributed by atoms with E-state index in [0.29, 0.717) is 10.2 Å². The molecule has 0 fully saturated rings. The van der Waals surface area contributed by atoms with Crippen molar-refractivity contribution < 1.29 is 4.79 Å². The Balaban J connectivity index is 1.78. The average molecular weight is 313 g/mol. The van der Waals surface area contributed by atoms with Gasteiger partial charge in [-0.05, 0) is 36.4 Å². The van der Waals surface area contributed by atoms with Gasteiger partial charge < -0.3 is 10.3 Å². The number of rotatable bonds is 3. The lowest BCUT2D eigenvalue weighted by Crippen LogP contribution is -2.12. The molecule has 0 aliphatic heterocycles. The summed E-state index contributed by atoms with van der Waals surface area (Å²) in [7, 11) is 0. The summed E-state index contributed by atoms with van der Waals surface area (Å²) in [5.41, 5.74) is 2.20. The predicted octanol–water partition coefficient (Wildman–Crippen LogP) is 4.12. The number of hydrogen-bond donors (Lipinski definition) is 2. The monoisotopic (exact) mass is 313 g/mol. The number of nitrogens with zero attached hydrogens (tertiary/aromatic N) is 1. The molecule has 1 aromatic carbocycles. The molecule has 0 radical (unpaired) electrons. The maximum atomic E-state index is 12.1. The Bertz CT molecular complexity index is 807. The van der Waals surface area contributed by atoms with Crippen molar-refractivity contribution in [1.29, 1.82) is 0 Å². The largest absolute Gasteiger partial charge is 0.352 e. The lowest BCUT2D eigenvalue weighted by molar-refractivity contribution is 0.102. The van der Waals surface area contributed by atoms with Crippen molar-refractivity contribution in [3.63, 3.8) is 0 Å². The van der Waals surface area contributed by atoms with Crippen molar-refractivity contribution in [2.24, 2.45) is 0 Å². The van der Waals surface area contributed by atoms with Crippen LogP contribution in [0.15, 0.2) is 54.2 Å². The fourth-order valence-corrected chi connectivity index (χ4v) is 2.73. The van der Waals surface area contributed by atoms with E-state index in [9.17, 15) is 4.79 Å². The Morgan fingerprint density at radius 1 is 1.24 bits per heavy atom. The summed E-state index contributed by atoms with van der Waals surface area (Å²) in [4.78, 5) is 19.2. The first kappa shape index (κ1) is 13.7. The molecule has 104 valence electrons. The summed E-state index contributed by atoms with van der Waals surface area (Å²) in [5.74, 6) is -0.223. The lowest BCUT2D eigenvalue weighted by atomic mass is 10.2. The van der Waals surface area contributed by atoms with Crippen molar-refractivity contribution in [1.82, 2.24) is 9.97 Å². The molecule has 0 unspecified atom stereocenters. The standard InChI is InChI=1S/C15H11N3OS2/c19-13(12-2-1-7-16-14(12)20)18-11-5-3-10(4-6-11)15-17-8-9-21-15/h1-9H,(H,16,20)(H,18,19). The highest BCUT2D eigenvalue weighted by atomic mass is 32.1. The minimum atomic E-state index is -0.223. The van der Waals surface area contributed by atoms with Gasteiger partial charge in [0.15, 0.2) is 0 Å². The molecule has 0 aliphatic carbocycles. The number of H-pyrrole nitrogens is 1. The number of pyridine rings is 1. The van der Waals surface area contributed by atoms with Crippen LogP contribution >= 0.6 is 23.6 Å². The van der Waals surface area contributed by atoms with Gasteiger partial charge >= 0.3 is 0 Å². The molecular weight excluding hydrogens is 302 g/mol. The van der Waals surface area contributed by atoms with Gasteiger partial charge in [-0.25, -0.2) is 4.98 Å². The number of benzene rings is 1. The van der Waals surface area contributed by atoms with E-state index in [2.05, 4.69) is 15.3 Å². The number of nitrogens with one attached hydrogen (secondary N) is 2. The van der Waals surface area contributed by atoms with Crippen LogP contribution in [-0.4, -0.2) is 15.9 Å². The van der Waals surface area contributed by atoms with E-state index in [-0.39, 0.29) is 5.91 Å². The quantitative estimate of drug-likeness (QED) is 0.715. The molecular formula is C15H11N3OS2. The van der Waals surface area contributed by atoms with Crippen molar-refractivity contribution >= 4 is 35.1 Å². The van der Waals surface area contributed by atoms with Crippen LogP contribution < -0.4 is 5.32 Å². The Morgan fingerprint density at radius 3 is 2.71 bits per heavy atom. The Labute approximate surface area is 130 Å². The maximum Gasteiger partial charge on any atom is 0.258 e. The zero-order valence-corrected chi connectivity index (χ0v) is 12.5. The van der Waals surface area contributed by atoms with E-state index in [1.807, 2.05) is 29.6 Å². The van der Waals surface area contributed by atoms with Gasteiger partial charge in [0.1, 0.15) is 9.65 Å². The van der Waals surface area contributed by atoms with Crippen LogP contribution in [-0.2, 0) is 0 Å². The summed E-state index contributed by atoms with van der Waals surface area (Å²) in [6.45, 7) is 0. The van der Waals surface area contributed by atoms with Crippen molar-refractivity contribution in [3.05, 3.63) is 64.4 Å². The minimum Gasteiger partial charge on any atom is -0.352 e. The summed E-state index contributed by atoms with van der Waals surface area (Å²) < 4.78 is 0.425. The van der Waals surface area contributed by atoms with Crippen LogP contribution in [0, 0.1) is 4.64 Å². The molecule has 3 aromatic rings. The molecule has 21 heavy (non-hydrogen) atoms. The number of thiazole rings is 1. The second kappa shape index (κ2) is 5.99. The van der Waals surface area contributed by atoms with Crippen LogP contribution in [0.25, 0.3) is 10.6 Å². The second-order valence-corrected chi connectivity index (χ2v) is 5.58. The van der Waals surface area contributed by atoms with Gasteiger partial charge in [0.25, 0.3) is 5.91 Å². The predicted molar refractivity (Wildman–Crippen MR) is 87.1 cm³/mol. The van der Waals surface area contributed by atoms with Gasteiger partial charge in [-0.15, -0.1) is 11.3 Å². The third-order valence-electron chi connectivity index (χ3n) is 2.88. The average Bonchev–Trinajstić information content (AvgIpc) is 3.02. The number of anilines is 1. The third-order valence-corrected chi connectivity index (χ3v) is 4.04. The van der Waals surface area contributed by atoms with E-state index in [1.54, 1.807) is 35.9 Å². The highest BCUT2D eigenvalue weighted by molar-refractivity contribution is 7.71. The molecule has 4 nitrogen and oxygen atoms in total. The zero-order valence-electron chi connectivity index (χ0n) is 10.9. The topological polar surface area (TPSA) is 57.8 Å². The summed E-state index contributed by atoms with van der Waals surface area (Å²) in [5, 5.41) is 5.72. The second-order valence-electron chi connectivity index (χ2n) is 4.28. The van der Waals surface area contributed by atoms with Crippen molar-refractivity contribution in [3.8, 4) is 10.6 Å². The van der Waals surface area contributed by atoms with Crippen LogP contribution in [0.2, 0.25) is 0 Å².